The van der Waals surface area contributed by atoms with Crippen LogP contribution in [0.15, 0.2) is 0 Å². The maximum Gasteiger partial charge on any atom is 0.0428 e. The molecule has 0 bridgehead atoms. The van der Waals surface area contributed by atoms with Gasteiger partial charge in [0.1, 0.15) is 0 Å². The molecule has 0 amide bonds. The largest absolute Gasteiger partial charge is 0.396 e. The van der Waals surface area contributed by atoms with Gasteiger partial charge in [0.05, 0.1) is 0 Å². The van der Waals surface area contributed by atoms with Crippen LogP contribution < -0.4 is 34.4 Å². The summed E-state index contributed by atoms with van der Waals surface area (Å²) in [4.78, 5) is 0. The van der Waals surface area contributed by atoms with Crippen molar-refractivity contribution in [3.63, 3.8) is 0 Å². The first kappa shape index (κ1) is 24.8. The predicted octanol–water partition coefficient (Wildman–Crippen LogP) is -2.90. The van der Waals surface area contributed by atoms with Gasteiger partial charge in [-0.3, -0.25) is 0 Å². The highest BCUT2D eigenvalue weighted by molar-refractivity contribution is 4.26. The molecule has 0 aromatic rings. The van der Waals surface area contributed by atoms with E-state index in [0.717, 1.165) is 6.42 Å². The molecule has 0 rings (SSSR count). The third-order valence-electron chi connectivity index (χ3n) is 0.724. The topological polar surface area (TPSA) is 176 Å². The van der Waals surface area contributed by atoms with E-state index < -0.39 is 0 Å². The minimum Gasteiger partial charge on any atom is -0.396 e. The van der Waals surface area contributed by atoms with Crippen LogP contribution in [0, 0.1) is 0 Å². The Balaban J connectivity index is -0.0000000600. The van der Waals surface area contributed by atoms with Crippen molar-refractivity contribution in [2.24, 2.45) is 34.4 Å². The van der Waals surface area contributed by atoms with Gasteiger partial charge in [0.2, 0.25) is 0 Å². The summed E-state index contributed by atoms with van der Waals surface area (Å²) in [5.41, 5.74) is 29.4. The quantitative estimate of drug-likeness (QED) is 0.275. The van der Waals surface area contributed by atoms with Gasteiger partial charge in [-0.05, 0) is 6.42 Å². The number of aliphatic hydroxyl groups excluding tert-OH is 1. The van der Waals surface area contributed by atoms with E-state index in [-0.39, 0.29) is 0 Å². The highest BCUT2D eigenvalue weighted by Crippen LogP contribution is 1.61. The molecule has 0 saturated carbocycles. The van der Waals surface area contributed by atoms with Crippen LogP contribution in [-0.4, -0.2) is 51.0 Å². The Hall–Kier alpha value is -0.280. The van der Waals surface area contributed by atoms with Crippen molar-refractivity contribution < 1.29 is 5.11 Å². The van der Waals surface area contributed by atoms with Gasteiger partial charge >= 0.3 is 0 Å². The molecule has 0 aromatic carbocycles. The molecule has 7 nitrogen and oxygen atoms in total. The molecule has 0 heterocycles. The zero-order chi connectivity index (χ0) is 13.7. The van der Waals surface area contributed by atoms with E-state index in [1.807, 2.05) is 6.92 Å². The maximum atomic E-state index is 7.88. The van der Waals surface area contributed by atoms with Crippen molar-refractivity contribution >= 4 is 0 Å². The first-order valence-electron chi connectivity index (χ1n) is 5.47. The van der Waals surface area contributed by atoms with Gasteiger partial charge in [0, 0.05) is 45.9 Å². The summed E-state index contributed by atoms with van der Waals surface area (Å²) >= 11 is 0. The molecule has 13 N–H and O–H groups in total. The lowest BCUT2D eigenvalue weighted by molar-refractivity contribution is 0.295. The third kappa shape index (κ3) is 160. The van der Waals surface area contributed by atoms with E-state index in [2.05, 4.69) is 0 Å². The van der Waals surface area contributed by atoms with E-state index in [9.17, 15) is 0 Å². The minimum absolute atomic E-state index is 0.319. The Morgan fingerprint density at radius 2 is 0.750 bits per heavy atom. The smallest absolute Gasteiger partial charge is 0.0428 e. The standard InChI is InChI=1S/C3H8O.3C2H8N2/c1-2-3-4;3*3-1-2-4/h4H,2-3H2,1H3;3*1-4H2. The summed E-state index contributed by atoms with van der Waals surface area (Å²) in [6.07, 6.45) is 0.875. The molecule has 0 aromatic heterocycles. The first-order chi connectivity index (χ1) is 7.66. The predicted molar refractivity (Wildman–Crippen MR) is 71.7 cm³/mol. The summed E-state index contributed by atoms with van der Waals surface area (Å²) in [6, 6.07) is 0. The van der Waals surface area contributed by atoms with Crippen LogP contribution in [0.25, 0.3) is 0 Å². The van der Waals surface area contributed by atoms with E-state index >= 15 is 0 Å². The summed E-state index contributed by atoms with van der Waals surface area (Å²) < 4.78 is 0. The van der Waals surface area contributed by atoms with Crippen LogP contribution in [0.4, 0.5) is 0 Å². The Kier molecular flexibility index (Phi) is 72.1. The van der Waals surface area contributed by atoms with Crippen LogP contribution in [0.2, 0.25) is 0 Å². The average Bonchev–Trinajstić information content (AvgIpc) is 2.39. The fraction of sp³-hybridized carbons (Fsp3) is 1.00. The van der Waals surface area contributed by atoms with Gasteiger partial charge < -0.3 is 39.5 Å². The highest BCUT2D eigenvalue weighted by atomic mass is 16.2. The Bertz CT molecular complexity index is 44.0. The molecule has 0 fully saturated rings. The van der Waals surface area contributed by atoms with Crippen LogP contribution in [-0.2, 0) is 0 Å². The van der Waals surface area contributed by atoms with E-state index in [1.54, 1.807) is 0 Å². The Morgan fingerprint density at radius 3 is 0.750 bits per heavy atom. The molecule has 0 radical (unpaired) electrons. The summed E-state index contributed by atoms with van der Waals surface area (Å²) in [6.45, 7) is 5.83. The lowest BCUT2D eigenvalue weighted by atomic mass is 10.5. The van der Waals surface area contributed by atoms with Gasteiger partial charge in [0.15, 0.2) is 0 Å². The van der Waals surface area contributed by atoms with Gasteiger partial charge in [-0.15, -0.1) is 0 Å². The van der Waals surface area contributed by atoms with E-state index in [0.29, 0.717) is 45.9 Å². The summed E-state index contributed by atoms with van der Waals surface area (Å²) in [7, 11) is 0. The monoisotopic (exact) mass is 240 g/mol. The Labute approximate surface area is 99.5 Å². The third-order valence-corrected chi connectivity index (χ3v) is 0.724. The van der Waals surface area contributed by atoms with Crippen molar-refractivity contribution in [1.82, 2.24) is 0 Å². The van der Waals surface area contributed by atoms with E-state index in [4.69, 9.17) is 39.5 Å². The number of hydrogen-bond acceptors (Lipinski definition) is 7. The average molecular weight is 240 g/mol. The zero-order valence-electron chi connectivity index (χ0n) is 10.6. The molecule has 0 aliphatic carbocycles. The van der Waals surface area contributed by atoms with Crippen molar-refractivity contribution in [2.75, 3.05) is 45.9 Å². The fourth-order valence-electron chi connectivity index (χ4n) is 0. The molecule has 0 saturated heterocycles. The number of hydrogen-bond donors (Lipinski definition) is 7. The summed E-state index contributed by atoms with van der Waals surface area (Å²) in [5, 5.41) is 7.88. The molecule has 7 heteroatoms. The second-order valence-electron chi connectivity index (χ2n) is 2.46. The number of nitrogens with two attached hydrogens (primary N) is 6. The van der Waals surface area contributed by atoms with Crippen molar-refractivity contribution in [2.45, 2.75) is 13.3 Å². The second-order valence-corrected chi connectivity index (χ2v) is 2.46. The van der Waals surface area contributed by atoms with Gasteiger partial charge in [-0.25, -0.2) is 0 Å². The number of aliphatic hydroxyl groups is 1. The summed E-state index contributed by atoms with van der Waals surface area (Å²) in [5.74, 6) is 0. The molecule has 0 spiro atoms. The molecule has 0 aliphatic rings. The zero-order valence-corrected chi connectivity index (χ0v) is 10.6. The van der Waals surface area contributed by atoms with Crippen LogP contribution in [0.5, 0.6) is 0 Å². The molecule has 16 heavy (non-hydrogen) atoms. The van der Waals surface area contributed by atoms with Crippen LogP contribution in [0.3, 0.4) is 0 Å². The fourth-order valence-corrected chi connectivity index (χ4v) is 0. The first-order valence-corrected chi connectivity index (χ1v) is 5.47. The molecular weight excluding hydrogens is 208 g/mol. The maximum absolute atomic E-state index is 7.88. The van der Waals surface area contributed by atoms with E-state index in [1.165, 1.54) is 0 Å². The molecule has 104 valence electrons. The Morgan fingerprint density at radius 1 is 0.625 bits per heavy atom. The molecular formula is C9H32N6O. The van der Waals surface area contributed by atoms with Crippen molar-refractivity contribution in [3.8, 4) is 0 Å². The molecule has 0 aliphatic heterocycles. The lowest BCUT2D eigenvalue weighted by Gasteiger charge is -1.72. The molecule has 0 atom stereocenters. The SMILES string of the molecule is CCCO.NCCN.NCCN.NCCN. The second kappa shape index (κ2) is 46.5. The normalized spacial score (nSPS) is 7.50. The van der Waals surface area contributed by atoms with Crippen LogP contribution in [0.1, 0.15) is 13.3 Å². The lowest BCUT2D eigenvalue weighted by Crippen LogP contribution is -2.11. The van der Waals surface area contributed by atoms with Crippen LogP contribution >= 0.6 is 0 Å². The van der Waals surface area contributed by atoms with Crippen molar-refractivity contribution in [1.29, 1.82) is 0 Å². The minimum atomic E-state index is 0.319. The van der Waals surface area contributed by atoms with Gasteiger partial charge in [0.25, 0.3) is 0 Å². The van der Waals surface area contributed by atoms with Gasteiger partial charge in [-0.1, -0.05) is 6.92 Å². The highest BCUT2D eigenvalue weighted by Gasteiger charge is 1.57. The number of rotatable bonds is 4. The van der Waals surface area contributed by atoms with Gasteiger partial charge in [-0.2, -0.15) is 0 Å². The molecule has 0 unspecified atom stereocenters. The van der Waals surface area contributed by atoms with Crippen molar-refractivity contribution in [3.05, 3.63) is 0 Å².